The molecule has 0 bridgehead atoms. The number of amides is 1. The fourth-order valence-electron chi connectivity index (χ4n) is 5.60. The first-order valence-electron chi connectivity index (χ1n) is 16.4. The molecule has 0 aliphatic carbocycles. The van der Waals surface area contributed by atoms with Crippen molar-refractivity contribution in [3.8, 4) is 11.5 Å². The van der Waals surface area contributed by atoms with Crippen LogP contribution in [0.4, 0.5) is 5.13 Å². The van der Waals surface area contributed by atoms with E-state index < -0.39 is 17.7 Å². The summed E-state index contributed by atoms with van der Waals surface area (Å²) in [4.78, 5) is 28.8. The van der Waals surface area contributed by atoms with Crippen LogP contribution in [0, 0.1) is 6.92 Å². The Bertz CT molecular complexity index is 2050. The summed E-state index contributed by atoms with van der Waals surface area (Å²) in [5.41, 5.74) is 3.96. The number of carbonyl (C=O) groups is 2. The molecule has 0 spiro atoms. The van der Waals surface area contributed by atoms with E-state index in [0.29, 0.717) is 56.0 Å². The molecule has 1 N–H and O–H groups in total. The van der Waals surface area contributed by atoms with Crippen LogP contribution in [-0.2, 0) is 21.9 Å². The van der Waals surface area contributed by atoms with Gasteiger partial charge in [0, 0.05) is 21.4 Å². The molecule has 1 aliphatic rings. The second-order valence-corrected chi connectivity index (χ2v) is 15.0. The molecule has 8 nitrogen and oxygen atoms in total. The molecule has 51 heavy (non-hydrogen) atoms. The third-order valence-corrected chi connectivity index (χ3v) is 10.9. The van der Waals surface area contributed by atoms with Gasteiger partial charge in [-0.2, -0.15) is 0 Å². The molecule has 1 unspecified atom stereocenters. The van der Waals surface area contributed by atoms with Crippen LogP contribution < -0.4 is 14.4 Å². The molecule has 5 aromatic rings. The molecule has 2 heterocycles. The average molecular weight is 761 g/mol. The quantitative estimate of drug-likeness (QED) is 0.0298. The van der Waals surface area contributed by atoms with E-state index in [0.717, 1.165) is 36.0 Å². The van der Waals surface area contributed by atoms with Gasteiger partial charge in [-0.25, -0.2) is 0 Å². The van der Waals surface area contributed by atoms with Gasteiger partial charge in [0.15, 0.2) is 4.34 Å². The summed E-state index contributed by atoms with van der Waals surface area (Å²) in [6.45, 7) is 5.13. The lowest BCUT2D eigenvalue weighted by Crippen LogP contribution is -2.29. The minimum Gasteiger partial charge on any atom is -0.507 e. The van der Waals surface area contributed by atoms with Crippen molar-refractivity contribution >= 4 is 68.9 Å². The second-order valence-electron chi connectivity index (χ2n) is 12.0. The number of hydrogen-bond donors (Lipinski definition) is 1. The third kappa shape index (κ3) is 8.76. The minimum atomic E-state index is -0.965. The van der Waals surface area contributed by atoms with Crippen molar-refractivity contribution in [1.82, 2.24) is 10.2 Å². The van der Waals surface area contributed by atoms with E-state index in [2.05, 4.69) is 23.2 Å². The lowest BCUT2D eigenvalue weighted by Gasteiger charge is -2.22. The van der Waals surface area contributed by atoms with Crippen LogP contribution in [0.5, 0.6) is 11.5 Å². The number of Topliss-reactive ketones (excluding diaryl/α,β-unsaturated/α-hetero) is 1. The van der Waals surface area contributed by atoms with Crippen LogP contribution in [0.3, 0.4) is 0 Å². The van der Waals surface area contributed by atoms with Gasteiger partial charge in [-0.1, -0.05) is 114 Å². The number of rotatable bonds is 14. The van der Waals surface area contributed by atoms with Crippen molar-refractivity contribution in [1.29, 1.82) is 0 Å². The molecule has 0 saturated carbocycles. The maximum atomic E-state index is 13.8. The number of ketones is 1. The topological polar surface area (TPSA) is 102 Å². The van der Waals surface area contributed by atoms with Crippen LogP contribution in [0.2, 0.25) is 10.0 Å². The smallest absolute Gasteiger partial charge is 0.301 e. The van der Waals surface area contributed by atoms with E-state index in [1.165, 1.54) is 28.0 Å². The Morgan fingerprint density at radius 2 is 1.67 bits per heavy atom. The van der Waals surface area contributed by atoms with E-state index in [-0.39, 0.29) is 16.5 Å². The first-order chi connectivity index (χ1) is 24.7. The molecule has 4 aromatic carbocycles. The zero-order valence-corrected chi connectivity index (χ0v) is 31.1. The van der Waals surface area contributed by atoms with Crippen molar-refractivity contribution < 1.29 is 24.2 Å². The van der Waals surface area contributed by atoms with Crippen LogP contribution in [0.25, 0.3) is 5.76 Å². The van der Waals surface area contributed by atoms with Gasteiger partial charge in [0.05, 0.1) is 18.2 Å². The van der Waals surface area contributed by atoms with Crippen molar-refractivity contribution in [2.24, 2.45) is 0 Å². The number of ether oxygens (including phenoxy) is 2. The fourth-order valence-corrected chi connectivity index (χ4v) is 8.03. The lowest BCUT2D eigenvalue weighted by atomic mass is 9.95. The number of anilines is 1. The predicted octanol–water partition coefficient (Wildman–Crippen LogP) is 10.2. The predicted molar refractivity (Wildman–Crippen MR) is 204 cm³/mol. The second kappa shape index (κ2) is 16.8. The van der Waals surface area contributed by atoms with Crippen molar-refractivity contribution in [3.05, 3.63) is 134 Å². The average Bonchev–Trinajstić information content (AvgIpc) is 3.70. The third-order valence-electron chi connectivity index (χ3n) is 8.24. The van der Waals surface area contributed by atoms with Crippen LogP contribution in [-0.4, -0.2) is 33.6 Å². The van der Waals surface area contributed by atoms with Crippen molar-refractivity contribution in [2.75, 3.05) is 11.5 Å². The number of aliphatic hydroxyl groups is 1. The van der Waals surface area contributed by atoms with E-state index >= 15 is 0 Å². The molecule has 0 radical (unpaired) electrons. The maximum Gasteiger partial charge on any atom is 0.301 e. The zero-order chi connectivity index (χ0) is 35.9. The minimum absolute atomic E-state index is 0.0533. The maximum absolute atomic E-state index is 13.8. The van der Waals surface area contributed by atoms with Gasteiger partial charge in [0.25, 0.3) is 5.78 Å². The highest BCUT2D eigenvalue weighted by atomic mass is 35.5. The summed E-state index contributed by atoms with van der Waals surface area (Å²) in [7, 11) is 0. The number of halogens is 2. The number of aliphatic hydroxyl groups excluding tert-OH is 1. The van der Waals surface area contributed by atoms with Gasteiger partial charge < -0.3 is 14.6 Å². The van der Waals surface area contributed by atoms with E-state index in [1.807, 2.05) is 31.2 Å². The van der Waals surface area contributed by atoms with E-state index in [9.17, 15) is 14.7 Å². The van der Waals surface area contributed by atoms with Gasteiger partial charge in [-0.3, -0.25) is 14.5 Å². The zero-order valence-electron chi connectivity index (χ0n) is 28.0. The molecule has 6 rings (SSSR count). The highest BCUT2D eigenvalue weighted by molar-refractivity contribution is 8.00. The standard InChI is InChI=1S/C39H35Cl2N3O5S2/c1-3-4-5-19-48-30-15-10-26(11-16-30)34-33(35(45)27-12-17-31(18-13-27)49-22-25-8-6-7-24(2)20-25)36(46)37(47)44(34)38-42-43-39(51-38)50-23-28-9-14-29(40)21-32(28)41/h6-18,20-21,34,45H,3-5,19,22-23H2,1-2H3/b35-33+. The van der Waals surface area contributed by atoms with Gasteiger partial charge in [-0.05, 0) is 78.6 Å². The number of aromatic nitrogens is 2. The summed E-state index contributed by atoms with van der Waals surface area (Å²) in [6, 6.07) is 26.4. The highest BCUT2D eigenvalue weighted by Gasteiger charge is 2.48. The number of thioether (sulfide) groups is 1. The summed E-state index contributed by atoms with van der Waals surface area (Å²) in [5.74, 6) is -0.177. The van der Waals surface area contributed by atoms with Crippen molar-refractivity contribution in [3.63, 3.8) is 0 Å². The first kappa shape index (κ1) is 36.4. The molecule has 1 saturated heterocycles. The molecule has 1 aliphatic heterocycles. The Balaban J connectivity index is 1.29. The summed E-state index contributed by atoms with van der Waals surface area (Å²) in [5, 5.41) is 21.6. The number of aryl methyl sites for hydroxylation is 1. The molecule has 1 atom stereocenters. The number of hydrogen-bond acceptors (Lipinski definition) is 9. The van der Waals surface area contributed by atoms with Gasteiger partial charge in [-0.15, -0.1) is 10.2 Å². The Morgan fingerprint density at radius 1 is 0.922 bits per heavy atom. The lowest BCUT2D eigenvalue weighted by molar-refractivity contribution is -0.132. The van der Waals surface area contributed by atoms with Crippen LogP contribution in [0.1, 0.15) is 60.0 Å². The summed E-state index contributed by atoms with van der Waals surface area (Å²) in [6.07, 6.45) is 3.10. The fraction of sp³-hybridized carbons (Fsp3) is 0.231. The normalized spacial score (nSPS) is 15.4. The number of benzene rings is 4. The number of carbonyl (C=O) groups excluding carboxylic acids is 2. The van der Waals surface area contributed by atoms with Crippen LogP contribution >= 0.6 is 46.3 Å². The summed E-state index contributed by atoms with van der Waals surface area (Å²) >= 11 is 15.0. The molecule has 1 amide bonds. The van der Waals surface area contributed by atoms with Crippen molar-refractivity contribution in [2.45, 2.75) is 55.9 Å². The molecule has 262 valence electrons. The first-order valence-corrected chi connectivity index (χ1v) is 19.0. The SMILES string of the molecule is CCCCCOc1ccc(C2/C(=C(\O)c3ccc(OCc4cccc(C)c4)cc3)C(=O)C(=O)N2c2nnc(SCc3ccc(Cl)cc3Cl)s2)cc1. The van der Waals surface area contributed by atoms with E-state index in [1.54, 1.807) is 60.7 Å². The Labute approximate surface area is 315 Å². The van der Waals surface area contributed by atoms with Gasteiger partial charge >= 0.3 is 5.91 Å². The highest BCUT2D eigenvalue weighted by Crippen LogP contribution is 2.44. The Hall–Kier alpha value is -4.35. The molecule has 12 heteroatoms. The van der Waals surface area contributed by atoms with Gasteiger partial charge in [0.2, 0.25) is 5.13 Å². The molecule has 1 aromatic heterocycles. The van der Waals surface area contributed by atoms with E-state index in [4.69, 9.17) is 32.7 Å². The monoisotopic (exact) mass is 759 g/mol. The number of unbranched alkanes of at least 4 members (excludes halogenated alkanes) is 2. The summed E-state index contributed by atoms with van der Waals surface area (Å²) < 4.78 is 12.4. The molecule has 1 fully saturated rings. The molecular formula is C39H35Cl2N3O5S2. The molecular weight excluding hydrogens is 725 g/mol. The largest absolute Gasteiger partial charge is 0.507 e. The Morgan fingerprint density at radius 3 is 2.39 bits per heavy atom. The number of nitrogens with zero attached hydrogens (tertiary/aromatic N) is 3. The van der Waals surface area contributed by atoms with Crippen LogP contribution in [0.15, 0.2) is 101 Å². The Kier molecular flexibility index (Phi) is 12.0. The van der Waals surface area contributed by atoms with Gasteiger partial charge in [0.1, 0.15) is 23.9 Å².